The van der Waals surface area contributed by atoms with Crippen molar-refractivity contribution in [2.75, 3.05) is 13.2 Å². The standard InChI is InChI=1S/C57H94O6/c1-4-7-10-13-16-18-20-22-23-24-25-26-27-28-29-30-31-32-33-35-36-38-41-44-47-50-56(59)62-53-54(52-61-55(58)49-46-43-40-15-12-9-6-3)63-57(60)51-48-45-42-39-37-34-21-19-17-14-11-8-5-2/h7,10-11,14,16,18-19,21-23,25-26,28-29,31-32,54H,4-6,8-9,12-13,15,17,20,24,27,30,33-53H2,1-3H3/b10-7-,14-11-,18-16-,21-19-,23-22-,26-25-,29-28-,32-31-. The number of rotatable bonds is 45. The molecule has 1 unspecified atom stereocenters. The summed E-state index contributed by atoms with van der Waals surface area (Å²) in [5.41, 5.74) is 0. The zero-order valence-corrected chi connectivity index (χ0v) is 40.8. The van der Waals surface area contributed by atoms with Gasteiger partial charge in [-0.15, -0.1) is 0 Å². The number of ether oxygens (including phenoxy) is 3. The smallest absolute Gasteiger partial charge is 0.306 e. The molecule has 0 amide bonds. The Bertz CT molecular complexity index is 1280. The van der Waals surface area contributed by atoms with Crippen LogP contribution in [0.3, 0.4) is 0 Å². The summed E-state index contributed by atoms with van der Waals surface area (Å²) < 4.78 is 16.7. The van der Waals surface area contributed by atoms with Crippen LogP contribution in [-0.4, -0.2) is 37.2 Å². The van der Waals surface area contributed by atoms with Gasteiger partial charge in [0.15, 0.2) is 6.10 Å². The molecular weight excluding hydrogens is 781 g/mol. The number of unbranched alkanes of at least 4 members (excludes halogenated alkanes) is 18. The Kier molecular flexibility index (Phi) is 48.0. The lowest BCUT2D eigenvalue weighted by Crippen LogP contribution is -2.30. The van der Waals surface area contributed by atoms with E-state index in [1.54, 1.807) is 0 Å². The van der Waals surface area contributed by atoms with Crippen molar-refractivity contribution in [2.24, 2.45) is 0 Å². The second kappa shape index (κ2) is 51.0. The first-order valence-electron chi connectivity index (χ1n) is 25.7. The Morgan fingerprint density at radius 2 is 0.651 bits per heavy atom. The molecule has 0 aliphatic carbocycles. The minimum absolute atomic E-state index is 0.0885. The Labute approximate surface area is 387 Å². The summed E-state index contributed by atoms with van der Waals surface area (Å²) in [4.78, 5) is 37.8. The van der Waals surface area contributed by atoms with Crippen LogP contribution in [0, 0.1) is 0 Å². The Hall–Kier alpha value is -3.67. The molecule has 0 aromatic carbocycles. The topological polar surface area (TPSA) is 78.9 Å². The van der Waals surface area contributed by atoms with Gasteiger partial charge >= 0.3 is 17.9 Å². The first-order valence-corrected chi connectivity index (χ1v) is 25.7. The van der Waals surface area contributed by atoms with Crippen LogP contribution >= 0.6 is 0 Å². The molecule has 0 saturated carbocycles. The van der Waals surface area contributed by atoms with Crippen molar-refractivity contribution >= 4 is 17.9 Å². The zero-order valence-electron chi connectivity index (χ0n) is 40.8. The van der Waals surface area contributed by atoms with Crippen LogP contribution in [-0.2, 0) is 28.6 Å². The van der Waals surface area contributed by atoms with E-state index >= 15 is 0 Å². The fourth-order valence-electron chi connectivity index (χ4n) is 6.72. The van der Waals surface area contributed by atoms with Crippen LogP contribution in [0.15, 0.2) is 97.2 Å². The van der Waals surface area contributed by atoms with Crippen molar-refractivity contribution in [2.45, 2.75) is 232 Å². The zero-order chi connectivity index (χ0) is 45.8. The largest absolute Gasteiger partial charge is 0.462 e. The first kappa shape index (κ1) is 59.3. The first-order chi connectivity index (χ1) is 31.0. The van der Waals surface area contributed by atoms with Gasteiger partial charge in [0, 0.05) is 19.3 Å². The molecule has 1 atom stereocenters. The number of hydrogen-bond acceptors (Lipinski definition) is 6. The summed E-state index contributed by atoms with van der Waals surface area (Å²) in [6.07, 6.45) is 66.9. The summed E-state index contributed by atoms with van der Waals surface area (Å²) in [5.74, 6) is -0.930. The molecule has 0 aromatic heterocycles. The van der Waals surface area contributed by atoms with Crippen LogP contribution in [0.5, 0.6) is 0 Å². The molecule has 0 saturated heterocycles. The van der Waals surface area contributed by atoms with Gasteiger partial charge < -0.3 is 14.2 Å². The molecule has 0 fully saturated rings. The minimum Gasteiger partial charge on any atom is -0.462 e. The predicted octanol–water partition coefficient (Wildman–Crippen LogP) is 17.0. The highest BCUT2D eigenvalue weighted by molar-refractivity contribution is 5.71. The predicted molar refractivity (Wildman–Crippen MR) is 270 cm³/mol. The molecule has 358 valence electrons. The van der Waals surface area contributed by atoms with Gasteiger partial charge in [-0.25, -0.2) is 0 Å². The van der Waals surface area contributed by atoms with Gasteiger partial charge in [0.1, 0.15) is 13.2 Å². The molecule has 0 bridgehead atoms. The van der Waals surface area contributed by atoms with E-state index < -0.39 is 6.10 Å². The highest BCUT2D eigenvalue weighted by atomic mass is 16.6. The lowest BCUT2D eigenvalue weighted by atomic mass is 10.1. The third-order valence-corrected chi connectivity index (χ3v) is 10.6. The third kappa shape index (κ3) is 49.2. The Morgan fingerprint density at radius 1 is 0.333 bits per heavy atom. The summed E-state index contributed by atoms with van der Waals surface area (Å²) in [7, 11) is 0. The van der Waals surface area contributed by atoms with Crippen molar-refractivity contribution in [3.05, 3.63) is 97.2 Å². The highest BCUT2D eigenvalue weighted by Crippen LogP contribution is 2.13. The lowest BCUT2D eigenvalue weighted by molar-refractivity contribution is -0.167. The molecule has 6 heteroatoms. The van der Waals surface area contributed by atoms with Gasteiger partial charge in [-0.1, -0.05) is 208 Å². The van der Waals surface area contributed by atoms with E-state index in [2.05, 4.69) is 118 Å². The number of allylic oxidation sites excluding steroid dienone is 16. The fraction of sp³-hybridized carbons (Fsp3) is 0.667. The molecule has 0 N–H and O–H groups in total. The van der Waals surface area contributed by atoms with E-state index in [0.29, 0.717) is 19.3 Å². The summed E-state index contributed by atoms with van der Waals surface area (Å²) in [5, 5.41) is 0. The normalized spacial score (nSPS) is 12.9. The van der Waals surface area contributed by atoms with Crippen LogP contribution in [0.25, 0.3) is 0 Å². The number of hydrogen-bond donors (Lipinski definition) is 0. The van der Waals surface area contributed by atoms with E-state index in [0.717, 1.165) is 141 Å². The number of esters is 3. The molecule has 0 aromatic rings. The quantitative estimate of drug-likeness (QED) is 0.0262. The van der Waals surface area contributed by atoms with Gasteiger partial charge in [-0.2, -0.15) is 0 Å². The molecular formula is C57H94O6. The number of carbonyl (C=O) groups is 3. The molecule has 0 spiro atoms. The van der Waals surface area contributed by atoms with Crippen molar-refractivity contribution in [1.29, 1.82) is 0 Å². The average Bonchev–Trinajstić information content (AvgIpc) is 3.28. The minimum atomic E-state index is -0.788. The van der Waals surface area contributed by atoms with Gasteiger partial charge in [-0.05, 0) is 96.3 Å². The monoisotopic (exact) mass is 875 g/mol. The summed E-state index contributed by atoms with van der Waals surface area (Å²) >= 11 is 0. The second-order valence-electron chi connectivity index (χ2n) is 16.7. The van der Waals surface area contributed by atoms with Crippen molar-refractivity contribution in [3.8, 4) is 0 Å². The second-order valence-corrected chi connectivity index (χ2v) is 16.7. The Balaban J connectivity index is 4.26. The van der Waals surface area contributed by atoms with Crippen molar-refractivity contribution in [1.82, 2.24) is 0 Å². The lowest BCUT2D eigenvalue weighted by Gasteiger charge is -2.18. The van der Waals surface area contributed by atoms with Gasteiger partial charge in [0.25, 0.3) is 0 Å². The van der Waals surface area contributed by atoms with E-state index in [1.165, 1.54) is 44.9 Å². The SMILES string of the molecule is CC/C=C\C/C=C\C/C=C\C/C=C\C/C=C\C/C=C\CCCCCCCCC(=O)OCC(COC(=O)CCCCCCCCC)OC(=O)CCCCCCC/C=C\C/C=C\CCC. The van der Waals surface area contributed by atoms with Crippen LogP contribution in [0.2, 0.25) is 0 Å². The summed E-state index contributed by atoms with van der Waals surface area (Å²) in [6, 6.07) is 0. The molecule has 0 aliphatic rings. The molecule has 0 radical (unpaired) electrons. The maximum absolute atomic E-state index is 12.7. The van der Waals surface area contributed by atoms with Gasteiger partial charge in [0.2, 0.25) is 0 Å². The van der Waals surface area contributed by atoms with Gasteiger partial charge in [-0.3, -0.25) is 14.4 Å². The van der Waals surface area contributed by atoms with E-state index in [1.807, 2.05) is 0 Å². The van der Waals surface area contributed by atoms with E-state index in [-0.39, 0.29) is 31.1 Å². The van der Waals surface area contributed by atoms with Crippen LogP contribution in [0.1, 0.15) is 226 Å². The molecule has 0 aliphatic heterocycles. The molecule has 63 heavy (non-hydrogen) atoms. The maximum atomic E-state index is 12.7. The fourth-order valence-corrected chi connectivity index (χ4v) is 6.72. The van der Waals surface area contributed by atoms with Crippen LogP contribution < -0.4 is 0 Å². The van der Waals surface area contributed by atoms with E-state index in [4.69, 9.17) is 14.2 Å². The molecule has 6 nitrogen and oxygen atoms in total. The molecule has 0 rings (SSSR count). The number of carbonyl (C=O) groups excluding carboxylic acids is 3. The maximum Gasteiger partial charge on any atom is 0.306 e. The van der Waals surface area contributed by atoms with Gasteiger partial charge in [0.05, 0.1) is 0 Å². The summed E-state index contributed by atoms with van der Waals surface area (Å²) in [6.45, 7) is 6.38. The third-order valence-electron chi connectivity index (χ3n) is 10.6. The Morgan fingerprint density at radius 3 is 1.03 bits per heavy atom. The van der Waals surface area contributed by atoms with Crippen molar-refractivity contribution < 1.29 is 28.6 Å². The van der Waals surface area contributed by atoms with Crippen molar-refractivity contribution in [3.63, 3.8) is 0 Å². The van der Waals surface area contributed by atoms with Crippen LogP contribution in [0.4, 0.5) is 0 Å². The molecule has 0 heterocycles. The average molecular weight is 875 g/mol. The highest BCUT2D eigenvalue weighted by Gasteiger charge is 2.19. The van der Waals surface area contributed by atoms with E-state index in [9.17, 15) is 14.4 Å².